The van der Waals surface area contributed by atoms with Crippen LogP contribution in [0.15, 0.2) is 12.3 Å². The van der Waals surface area contributed by atoms with Gasteiger partial charge in [0.2, 0.25) is 0 Å². The third-order valence-electron chi connectivity index (χ3n) is 5.63. The Morgan fingerprint density at radius 3 is 2.24 bits per heavy atom. The molecule has 25 heavy (non-hydrogen) atoms. The van der Waals surface area contributed by atoms with Gasteiger partial charge in [-0.1, -0.05) is 40.7 Å². The first-order valence-corrected chi connectivity index (χ1v) is 9.60. The van der Waals surface area contributed by atoms with Crippen LogP contribution in [0.1, 0.15) is 60.3 Å². The second-order valence-electron chi connectivity index (χ2n) is 7.84. The van der Waals surface area contributed by atoms with Crippen LogP contribution >= 0.6 is 0 Å². The molecule has 0 aliphatic carbocycles. The summed E-state index contributed by atoms with van der Waals surface area (Å²) in [5, 5.41) is 21.6. The Balaban J connectivity index is 5.53. The summed E-state index contributed by atoms with van der Waals surface area (Å²) in [6.07, 6.45) is 1.91. The lowest BCUT2D eigenvalue weighted by molar-refractivity contribution is -0.114. The molecule has 5 nitrogen and oxygen atoms in total. The van der Waals surface area contributed by atoms with Crippen LogP contribution in [-0.4, -0.2) is 59.7 Å². The molecule has 150 valence electrons. The van der Waals surface area contributed by atoms with Crippen molar-refractivity contribution in [2.45, 2.75) is 84.2 Å². The maximum Gasteiger partial charge on any atom is 0.108 e. The van der Waals surface area contributed by atoms with Gasteiger partial charge in [-0.25, -0.2) is 0 Å². The summed E-state index contributed by atoms with van der Waals surface area (Å²) in [5.74, 6) is 0.740. The van der Waals surface area contributed by atoms with Crippen molar-refractivity contribution in [1.29, 1.82) is 0 Å². The van der Waals surface area contributed by atoms with Gasteiger partial charge in [-0.15, -0.1) is 0 Å². The molecule has 0 saturated heterocycles. The minimum absolute atomic E-state index is 0.135. The zero-order valence-corrected chi connectivity index (χ0v) is 17.5. The summed E-state index contributed by atoms with van der Waals surface area (Å²) in [6.45, 7) is 15.0. The van der Waals surface area contributed by atoms with Crippen molar-refractivity contribution in [2.24, 2.45) is 17.6 Å². The van der Waals surface area contributed by atoms with Gasteiger partial charge in [-0.05, 0) is 44.6 Å². The molecule has 4 N–H and O–H groups in total. The van der Waals surface area contributed by atoms with E-state index in [1.165, 1.54) is 0 Å². The van der Waals surface area contributed by atoms with Crippen molar-refractivity contribution in [3.63, 3.8) is 0 Å². The molecule has 0 aliphatic rings. The van der Waals surface area contributed by atoms with Crippen LogP contribution in [0.25, 0.3) is 0 Å². The van der Waals surface area contributed by atoms with E-state index in [0.29, 0.717) is 31.2 Å². The Morgan fingerprint density at radius 1 is 1.28 bits per heavy atom. The molecule has 0 aromatic carbocycles. The Labute approximate surface area is 155 Å². The summed E-state index contributed by atoms with van der Waals surface area (Å²) in [7, 11) is 3.62. The van der Waals surface area contributed by atoms with Gasteiger partial charge in [-0.3, -0.25) is 0 Å². The highest BCUT2D eigenvalue weighted by Crippen LogP contribution is 2.31. The molecule has 0 bridgehead atoms. The van der Waals surface area contributed by atoms with E-state index in [0.717, 1.165) is 18.5 Å². The van der Waals surface area contributed by atoms with Crippen LogP contribution in [0, 0.1) is 11.8 Å². The molecule has 0 heterocycles. The van der Waals surface area contributed by atoms with Gasteiger partial charge in [-0.2, -0.15) is 0 Å². The van der Waals surface area contributed by atoms with Gasteiger partial charge >= 0.3 is 0 Å². The number of methoxy groups -OCH3 is 1. The van der Waals surface area contributed by atoms with E-state index in [1.807, 2.05) is 18.9 Å². The van der Waals surface area contributed by atoms with E-state index < -0.39 is 11.7 Å². The molecular weight excluding hydrogens is 316 g/mol. The molecule has 5 heteroatoms. The molecule has 0 aliphatic heterocycles. The van der Waals surface area contributed by atoms with Gasteiger partial charge in [0.25, 0.3) is 0 Å². The normalized spacial score (nSPS) is 19.2. The van der Waals surface area contributed by atoms with Crippen LogP contribution in [0.3, 0.4) is 0 Å². The predicted octanol–water partition coefficient (Wildman–Crippen LogP) is 2.76. The number of likely N-dealkylation sites (N-methyl/N-ethyl adjacent to an activating group) is 1. The fourth-order valence-electron chi connectivity index (χ4n) is 3.38. The lowest BCUT2D eigenvalue weighted by Crippen LogP contribution is -2.57. The summed E-state index contributed by atoms with van der Waals surface area (Å²) < 4.78 is 5.72. The van der Waals surface area contributed by atoms with E-state index in [2.05, 4.69) is 27.4 Å². The lowest BCUT2D eigenvalue weighted by atomic mass is 9.83. The Bertz CT molecular complexity index is 385. The highest BCUT2D eigenvalue weighted by Gasteiger charge is 2.42. The van der Waals surface area contributed by atoms with Crippen molar-refractivity contribution < 1.29 is 14.9 Å². The molecule has 0 spiro atoms. The van der Waals surface area contributed by atoms with Crippen LogP contribution in [0.2, 0.25) is 0 Å². The van der Waals surface area contributed by atoms with Gasteiger partial charge < -0.3 is 25.6 Å². The Hall–Kier alpha value is -0.620. The predicted molar refractivity (Wildman–Crippen MR) is 105 cm³/mol. The lowest BCUT2D eigenvalue weighted by Gasteiger charge is -2.45. The van der Waals surface area contributed by atoms with E-state index in [9.17, 15) is 10.2 Å². The smallest absolute Gasteiger partial charge is 0.108 e. The number of hydrogen-bond donors (Lipinski definition) is 3. The molecule has 0 aromatic heterocycles. The number of aliphatic hydroxyl groups excluding tert-OH is 1. The van der Waals surface area contributed by atoms with E-state index >= 15 is 0 Å². The van der Waals surface area contributed by atoms with E-state index in [1.54, 1.807) is 14.0 Å². The summed E-state index contributed by atoms with van der Waals surface area (Å²) in [5.41, 5.74) is 5.28. The van der Waals surface area contributed by atoms with Crippen molar-refractivity contribution >= 4 is 0 Å². The first-order chi connectivity index (χ1) is 11.6. The summed E-state index contributed by atoms with van der Waals surface area (Å²) in [6, 6.07) is -0.276. The monoisotopic (exact) mass is 358 g/mol. The molecule has 0 saturated carbocycles. The molecule has 0 radical (unpaired) electrons. The fraction of sp³-hybridized carbons (Fsp3) is 0.900. The number of ether oxygens (including phenoxy) is 1. The number of nitrogens with two attached hydrogens (primary N) is 1. The van der Waals surface area contributed by atoms with Gasteiger partial charge in [0.1, 0.15) is 5.60 Å². The second-order valence-corrected chi connectivity index (χ2v) is 7.84. The number of aliphatic hydroxyl groups is 2. The van der Waals surface area contributed by atoms with Crippen LogP contribution < -0.4 is 5.73 Å². The molecule has 1 unspecified atom stereocenters. The zero-order valence-electron chi connectivity index (χ0n) is 17.5. The number of nitrogens with zero attached hydrogens (tertiary/aromatic N) is 1. The van der Waals surface area contributed by atoms with Crippen LogP contribution in [0.5, 0.6) is 0 Å². The minimum Gasteiger partial charge on any atom is -0.390 e. The highest BCUT2D eigenvalue weighted by atomic mass is 16.5. The zero-order chi connectivity index (χ0) is 19.8. The van der Waals surface area contributed by atoms with Crippen molar-refractivity contribution in [1.82, 2.24) is 4.90 Å². The minimum atomic E-state index is -1.25. The summed E-state index contributed by atoms with van der Waals surface area (Å²) >= 11 is 0. The van der Waals surface area contributed by atoms with Gasteiger partial charge in [0.05, 0.1) is 18.2 Å². The van der Waals surface area contributed by atoms with Crippen molar-refractivity contribution in [3.05, 3.63) is 12.3 Å². The quantitative estimate of drug-likeness (QED) is 0.472. The molecule has 0 fully saturated rings. The second kappa shape index (κ2) is 11.2. The van der Waals surface area contributed by atoms with Crippen LogP contribution in [0.4, 0.5) is 0 Å². The molecule has 0 aromatic rings. The first kappa shape index (κ1) is 24.4. The van der Waals surface area contributed by atoms with Gasteiger partial charge in [0.15, 0.2) is 0 Å². The average Bonchev–Trinajstić information content (AvgIpc) is 2.55. The summed E-state index contributed by atoms with van der Waals surface area (Å²) in [4.78, 5) is 1.99. The third-order valence-corrected chi connectivity index (χ3v) is 5.63. The van der Waals surface area contributed by atoms with Crippen molar-refractivity contribution in [2.75, 3.05) is 20.7 Å². The molecular formula is C20H42N2O3. The van der Waals surface area contributed by atoms with Crippen LogP contribution in [-0.2, 0) is 4.74 Å². The Morgan fingerprint density at radius 2 is 1.84 bits per heavy atom. The Kier molecular flexibility index (Phi) is 10.9. The highest BCUT2D eigenvalue weighted by molar-refractivity contribution is 5.09. The number of rotatable bonds is 13. The topological polar surface area (TPSA) is 79.0 Å². The average molecular weight is 359 g/mol. The SMILES string of the molecule is C=C(C(OC)[C@H](C)C(C)C)N(C)[C@H](CCCN)[C@](C)(O)[C@H](O)CCC. The maximum absolute atomic E-state index is 11.1. The van der Waals surface area contributed by atoms with E-state index in [-0.39, 0.29) is 12.1 Å². The van der Waals surface area contributed by atoms with Crippen molar-refractivity contribution in [3.8, 4) is 0 Å². The van der Waals surface area contributed by atoms with E-state index in [4.69, 9.17) is 10.5 Å². The molecule has 0 rings (SSSR count). The fourth-order valence-corrected chi connectivity index (χ4v) is 3.38. The number of hydrogen-bond acceptors (Lipinski definition) is 5. The molecule has 0 amide bonds. The standard InChI is InChI=1S/C20H42N2O3/c1-9-11-18(23)20(6,24)17(12-10-13-21)22(7)16(5)19(25-8)15(4)14(2)3/h14-15,17-19,23-24H,5,9-13,21H2,1-4,6-8H3/t15-,17-,18-,19?,20+/m1/s1. The molecule has 5 atom stereocenters. The third kappa shape index (κ3) is 6.55. The largest absolute Gasteiger partial charge is 0.390 e. The first-order valence-electron chi connectivity index (χ1n) is 9.60. The maximum atomic E-state index is 11.1. The van der Waals surface area contributed by atoms with Gasteiger partial charge in [0, 0.05) is 19.9 Å².